The van der Waals surface area contributed by atoms with Gasteiger partial charge in [0.15, 0.2) is 0 Å². The van der Waals surface area contributed by atoms with E-state index in [1.807, 2.05) is 24.3 Å². The summed E-state index contributed by atoms with van der Waals surface area (Å²) < 4.78 is 0. The Labute approximate surface area is 114 Å². The van der Waals surface area contributed by atoms with Gasteiger partial charge in [0.05, 0.1) is 11.1 Å². The largest absolute Gasteiger partial charge is 0.390 e. The second kappa shape index (κ2) is 5.28. The summed E-state index contributed by atoms with van der Waals surface area (Å²) in [5.41, 5.74) is 1.13. The molecule has 0 atom stereocenters. The van der Waals surface area contributed by atoms with Gasteiger partial charge in [0.1, 0.15) is 0 Å². The number of rotatable bonds is 4. The van der Waals surface area contributed by atoms with Crippen molar-refractivity contribution >= 4 is 6.08 Å². The Kier molecular flexibility index (Phi) is 3.88. The van der Waals surface area contributed by atoms with Crippen LogP contribution in [0.5, 0.6) is 0 Å². The lowest BCUT2D eigenvalue weighted by atomic mass is 9.87. The first-order chi connectivity index (χ1) is 8.95. The maximum atomic E-state index is 10.7. The monoisotopic (exact) mass is 259 g/mol. The summed E-state index contributed by atoms with van der Waals surface area (Å²) in [6, 6.07) is 8.11. The van der Waals surface area contributed by atoms with E-state index in [0.29, 0.717) is 6.42 Å². The van der Waals surface area contributed by atoms with Gasteiger partial charge in [-0.05, 0) is 37.8 Å². The summed E-state index contributed by atoms with van der Waals surface area (Å²) in [5.74, 6) is 0. The molecule has 0 saturated heterocycles. The molecule has 1 aromatic carbocycles. The van der Waals surface area contributed by atoms with Crippen molar-refractivity contribution in [3.05, 3.63) is 35.4 Å². The molecule has 1 fully saturated rings. The summed E-state index contributed by atoms with van der Waals surface area (Å²) in [4.78, 5) is 14.7. The standard InChI is InChI=1S/C16H21NO2/c1-15(2,19)11-13-5-7-14(8-6-13)16(17-12-18)9-3-4-10-16/h5-8,19H,3-4,9-11H2,1-2H3. The molecule has 0 unspecified atom stereocenters. The van der Waals surface area contributed by atoms with Crippen LogP contribution in [0, 0.1) is 0 Å². The fourth-order valence-corrected chi connectivity index (χ4v) is 2.94. The molecule has 2 rings (SSSR count). The van der Waals surface area contributed by atoms with E-state index >= 15 is 0 Å². The summed E-state index contributed by atoms with van der Waals surface area (Å²) in [7, 11) is 0. The molecule has 102 valence electrons. The van der Waals surface area contributed by atoms with Gasteiger partial charge >= 0.3 is 0 Å². The fraction of sp³-hybridized carbons (Fsp3) is 0.562. The maximum Gasteiger partial charge on any atom is 0.235 e. The minimum absolute atomic E-state index is 0.352. The van der Waals surface area contributed by atoms with Gasteiger partial charge in [0.25, 0.3) is 0 Å². The van der Waals surface area contributed by atoms with Crippen LogP contribution in [0.2, 0.25) is 0 Å². The molecule has 1 aromatic rings. The van der Waals surface area contributed by atoms with Gasteiger partial charge < -0.3 is 5.11 Å². The Morgan fingerprint density at radius 3 is 2.32 bits per heavy atom. The lowest BCUT2D eigenvalue weighted by Crippen LogP contribution is -2.22. The minimum atomic E-state index is -0.701. The summed E-state index contributed by atoms with van der Waals surface area (Å²) in [6.45, 7) is 3.60. The van der Waals surface area contributed by atoms with Gasteiger partial charge in [0, 0.05) is 6.42 Å². The number of nitrogens with zero attached hydrogens (tertiary/aromatic N) is 1. The number of hydrogen-bond acceptors (Lipinski definition) is 3. The van der Waals surface area contributed by atoms with E-state index in [1.54, 1.807) is 19.9 Å². The van der Waals surface area contributed by atoms with Crippen LogP contribution in [0.25, 0.3) is 0 Å². The van der Waals surface area contributed by atoms with Crippen molar-refractivity contribution in [3.8, 4) is 0 Å². The Bertz CT molecular complexity index is 472. The fourth-order valence-electron chi connectivity index (χ4n) is 2.94. The lowest BCUT2D eigenvalue weighted by molar-refractivity contribution is 0.0810. The summed E-state index contributed by atoms with van der Waals surface area (Å²) in [6.07, 6.45) is 6.42. The highest BCUT2D eigenvalue weighted by Gasteiger charge is 2.35. The topological polar surface area (TPSA) is 49.7 Å². The van der Waals surface area contributed by atoms with Crippen molar-refractivity contribution in [1.29, 1.82) is 0 Å². The van der Waals surface area contributed by atoms with Crippen molar-refractivity contribution in [2.24, 2.45) is 4.99 Å². The van der Waals surface area contributed by atoms with Gasteiger partial charge in [-0.15, -0.1) is 0 Å². The molecule has 3 nitrogen and oxygen atoms in total. The van der Waals surface area contributed by atoms with Crippen molar-refractivity contribution in [2.45, 2.75) is 57.1 Å². The number of isocyanates is 1. The lowest BCUT2D eigenvalue weighted by Gasteiger charge is -2.23. The highest BCUT2D eigenvalue weighted by molar-refractivity contribution is 5.39. The third kappa shape index (κ3) is 3.31. The van der Waals surface area contributed by atoms with Crippen LogP contribution in [0.4, 0.5) is 0 Å². The molecule has 1 saturated carbocycles. The highest BCUT2D eigenvalue weighted by atomic mass is 16.3. The van der Waals surface area contributed by atoms with E-state index in [0.717, 1.165) is 36.8 Å². The van der Waals surface area contributed by atoms with Crippen molar-refractivity contribution in [3.63, 3.8) is 0 Å². The van der Waals surface area contributed by atoms with E-state index in [2.05, 4.69) is 4.99 Å². The average molecular weight is 259 g/mol. The summed E-state index contributed by atoms with van der Waals surface area (Å²) >= 11 is 0. The molecule has 0 amide bonds. The molecule has 0 aromatic heterocycles. The number of carbonyl (C=O) groups excluding carboxylic acids is 1. The third-order valence-electron chi connectivity index (χ3n) is 3.82. The van der Waals surface area contributed by atoms with Crippen LogP contribution in [0.15, 0.2) is 29.3 Å². The SMILES string of the molecule is CC(C)(O)Cc1ccc(C2(N=C=O)CCCC2)cc1. The smallest absolute Gasteiger partial charge is 0.235 e. The number of hydrogen-bond donors (Lipinski definition) is 1. The van der Waals surface area contributed by atoms with Gasteiger partial charge in [-0.1, -0.05) is 37.1 Å². The van der Waals surface area contributed by atoms with Crippen LogP contribution in [-0.2, 0) is 16.8 Å². The predicted molar refractivity (Wildman–Crippen MR) is 74.7 cm³/mol. The molecule has 0 radical (unpaired) electrons. The highest BCUT2D eigenvalue weighted by Crippen LogP contribution is 2.42. The van der Waals surface area contributed by atoms with E-state index < -0.39 is 5.60 Å². The Morgan fingerprint density at radius 2 is 1.84 bits per heavy atom. The van der Waals surface area contributed by atoms with Crippen LogP contribution < -0.4 is 0 Å². The first-order valence-electron chi connectivity index (χ1n) is 6.86. The second-order valence-electron chi connectivity index (χ2n) is 6.13. The summed E-state index contributed by atoms with van der Waals surface area (Å²) in [5, 5.41) is 9.82. The molecule has 19 heavy (non-hydrogen) atoms. The van der Waals surface area contributed by atoms with Crippen LogP contribution in [0.1, 0.15) is 50.7 Å². The van der Waals surface area contributed by atoms with Gasteiger partial charge in [0.2, 0.25) is 6.08 Å². The Balaban J connectivity index is 2.24. The average Bonchev–Trinajstić information content (AvgIpc) is 2.78. The van der Waals surface area contributed by atoms with E-state index in [9.17, 15) is 9.90 Å². The normalized spacial score (nSPS) is 18.1. The van der Waals surface area contributed by atoms with Gasteiger partial charge in [-0.3, -0.25) is 0 Å². The van der Waals surface area contributed by atoms with Crippen molar-refractivity contribution < 1.29 is 9.90 Å². The Morgan fingerprint density at radius 1 is 1.26 bits per heavy atom. The van der Waals surface area contributed by atoms with Crippen LogP contribution in [0.3, 0.4) is 0 Å². The second-order valence-corrected chi connectivity index (χ2v) is 6.13. The van der Waals surface area contributed by atoms with Crippen molar-refractivity contribution in [1.82, 2.24) is 0 Å². The molecule has 0 bridgehead atoms. The molecular formula is C16H21NO2. The zero-order valence-corrected chi connectivity index (χ0v) is 11.6. The minimum Gasteiger partial charge on any atom is -0.390 e. The quantitative estimate of drug-likeness (QED) is 0.667. The van der Waals surface area contributed by atoms with Gasteiger partial charge in [-0.2, -0.15) is 4.99 Å². The Hall–Kier alpha value is -1.44. The molecular weight excluding hydrogens is 238 g/mol. The van der Waals surface area contributed by atoms with E-state index in [-0.39, 0.29) is 5.54 Å². The number of aliphatic imine (C=N–C) groups is 1. The molecule has 1 aliphatic rings. The first kappa shape index (κ1) is 14.0. The molecule has 0 aliphatic heterocycles. The molecule has 3 heteroatoms. The predicted octanol–water partition coefficient (Wildman–Crippen LogP) is 3.11. The number of aliphatic hydroxyl groups is 1. The molecule has 1 aliphatic carbocycles. The number of benzene rings is 1. The molecule has 0 spiro atoms. The molecule has 0 heterocycles. The van der Waals surface area contributed by atoms with Crippen LogP contribution >= 0.6 is 0 Å². The molecule has 1 N–H and O–H groups in total. The van der Waals surface area contributed by atoms with E-state index in [4.69, 9.17) is 0 Å². The third-order valence-corrected chi connectivity index (χ3v) is 3.82. The first-order valence-corrected chi connectivity index (χ1v) is 6.86. The zero-order chi connectivity index (χ0) is 13.9. The van der Waals surface area contributed by atoms with Gasteiger partial charge in [-0.25, -0.2) is 4.79 Å². The van der Waals surface area contributed by atoms with E-state index in [1.165, 1.54) is 0 Å². The van der Waals surface area contributed by atoms with Crippen LogP contribution in [-0.4, -0.2) is 16.8 Å². The van der Waals surface area contributed by atoms with Crippen molar-refractivity contribution in [2.75, 3.05) is 0 Å². The zero-order valence-electron chi connectivity index (χ0n) is 11.6. The maximum absolute atomic E-state index is 10.7.